The van der Waals surface area contributed by atoms with E-state index in [9.17, 15) is 9.35 Å². The molecule has 1 rings (SSSR count). The number of halogens is 4. The van der Waals surface area contributed by atoms with Crippen LogP contribution in [0.3, 0.4) is 0 Å². The lowest BCUT2D eigenvalue weighted by atomic mass is 9.84. The van der Waals surface area contributed by atoms with E-state index < -0.39 is 59.5 Å². The third-order valence-electron chi connectivity index (χ3n) is 6.50. The number of methoxy groups -OCH3 is 1. The van der Waals surface area contributed by atoms with Gasteiger partial charge in [-0.2, -0.15) is 8.78 Å². The minimum Gasteiger partial charge on any atom is -0.598 e. The lowest BCUT2D eigenvalue weighted by Gasteiger charge is -2.41. The first-order chi connectivity index (χ1) is 16.1. The minimum atomic E-state index is -4.33. The van der Waals surface area contributed by atoms with Crippen LogP contribution in [0.25, 0.3) is 0 Å². The van der Waals surface area contributed by atoms with Crippen LogP contribution < -0.4 is 9.91 Å². The Balaban J connectivity index is 4.16. The van der Waals surface area contributed by atoms with Gasteiger partial charge in [-0.1, -0.05) is 38.9 Å². The Kier molecular flexibility index (Phi) is 11.8. The van der Waals surface area contributed by atoms with Gasteiger partial charge in [0, 0.05) is 31.5 Å². The van der Waals surface area contributed by atoms with Crippen LogP contribution in [-0.4, -0.2) is 54.6 Å². The second kappa shape index (κ2) is 12.7. The van der Waals surface area contributed by atoms with Gasteiger partial charge < -0.3 is 14.0 Å². The highest BCUT2D eigenvalue weighted by Gasteiger charge is 2.66. The van der Waals surface area contributed by atoms with Crippen molar-refractivity contribution in [2.24, 2.45) is 0 Å². The van der Waals surface area contributed by atoms with E-state index in [-0.39, 0.29) is 17.8 Å². The fourth-order valence-corrected chi connectivity index (χ4v) is 9.27. The second-order valence-corrected chi connectivity index (χ2v) is 17.4. The number of aromatic nitrogens is 1. The van der Waals surface area contributed by atoms with Crippen LogP contribution in [0.2, 0.25) is 18.1 Å². The van der Waals surface area contributed by atoms with Gasteiger partial charge in [0.1, 0.15) is 20.9 Å². The molecule has 1 aromatic heterocycles. The molecule has 6 nitrogen and oxygen atoms in total. The quantitative estimate of drug-likeness (QED) is 0.145. The second-order valence-electron chi connectivity index (χ2n) is 9.42. The lowest BCUT2D eigenvalue weighted by Crippen LogP contribution is -2.65. The zero-order valence-corrected chi connectivity index (χ0v) is 25.2. The Morgan fingerprint density at radius 2 is 1.74 bits per heavy atom. The SMILES string of the molecule is CCOC(=O)C(F)(F)C(CCOC)(N[S+]([O-])C(C)(C)C)c1nc(Br)cc([Si](CC)(CC)CC)c1F. The molecule has 0 spiro atoms. The van der Waals surface area contributed by atoms with Crippen molar-refractivity contribution in [3.05, 3.63) is 22.2 Å². The number of alkyl halides is 2. The van der Waals surface area contributed by atoms with Crippen molar-refractivity contribution >= 4 is 46.5 Å². The van der Waals surface area contributed by atoms with Gasteiger partial charge in [-0.15, -0.1) is 4.72 Å². The number of ether oxygens (including phenoxy) is 2. The van der Waals surface area contributed by atoms with Crippen LogP contribution in [0, 0.1) is 5.82 Å². The zero-order valence-electron chi connectivity index (χ0n) is 21.8. The molecule has 0 aliphatic heterocycles. The molecule has 1 heterocycles. The number of esters is 1. The average molecular weight is 604 g/mol. The summed E-state index contributed by atoms with van der Waals surface area (Å²) in [6.07, 6.45) is -0.587. The molecule has 0 aliphatic carbocycles. The van der Waals surface area contributed by atoms with Gasteiger partial charge in [-0.05, 0) is 54.9 Å². The van der Waals surface area contributed by atoms with Crippen molar-refractivity contribution in [1.29, 1.82) is 0 Å². The summed E-state index contributed by atoms with van der Waals surface area (Å²) in [5.41, 5.74) is -3.48. The molecular formula is C23H38BrF3N2O4SSi. The lowest BCUT2D eigenvalue weighted by molar-refractivity contribution is -0.187. The highest BCUT2D eigenvalue weighted by Crippen LogP contribution is 2.44. The van der Waals surface area contributed by atoms with Crippen molar-refractivity contribution in [1.82, 2.24) is 9.71 Å². The predicted molar refractivity (Wildman–Crippen MR) is 140 cm³/mol. The monoisotopic (exact) mass is 602 g/mol. The summed E-state index contributed by atoms with van der Waals surface area (Å²) in [7, 11) is -1.13. The number of rotatable bonds is 13. The Hall–Kier alpha value is -0.663. The van der Waals surface area contributed by atoms with Crippen molar-refractivity contribution in [3.63, 3.8) is 0 Å². The van der Waals surface area contributed by atoms with E-state index in [0.717, 1.165) is 0 Å². The van der Waals surface area contributed by atoms with Gasteiger partial charge in [0.15, 0.2) is 5.54 Å². The summed E-state index contributed by atoms with van der Waals surface area (Å²) in [5.74, 6) is -7.10. The summed E-state index contributed by atoms with van der Waals surface area (Å²) in [6, 6.07) is 3.61. The number of nitrogens with zero attached hydrogens (tertiary/aromatic N) is 1. The molecule has 0 aliphatic rings. The van der Waals surface area contributed by atoms with Crippen molar-refractivity contribution in [2.75, 3.05) is 20.3 Å². The molecule has 1 aromatic rings. The molecule has 1 N–H and O–H groups in total. The summed E-state index contributed by atoms with van der Waals surface area (Å²) >= 11 is 1.15. The number of carbonyl (C=O) groups is 1. The Bertz CT molecular complexity index is 864. The number of pyridine rings is 1. The molecule has 0 saturated carbocycles. The van der Waals surface area contributed by atoms with E-state index in [1.165, 1.54) is 14.0 Å². The van der Waals surface area contributed by atoms with Crippen LogP contribution in [0.4, 0.5) is 13.2 Å². The van der Waals surface area contributed by atoms with E-state index in [1.807, 2.05) is 20.8 Å². The van der Waals surface area contributed by atoms with Gasteiger partial charge in [-0.3, -0.25) is 0 Å². The van der Waals surface area contributed by atoms with Gasteiger partial charge in [0.05, 0.1) is 14.7 Å². The van der Waals surface area contributed by atoms with Crippen molar-refractivity contribution in [2.45, 2.75) is 89.2 Å². The Morgan fingerprint density at radius 1 is 1.20 bits per heavy atom. The molecule has 202 valence electrons. The minimum absolute atomic E-state index is 0.154. The van der Waals surface area contributed by atoms with E-state index in [1.54, 1.807) is 26.8 Å². The molecular weight excluding hydrogens is 565 g/mol. The van der Waals surface area contributed by atoms with Crippen LogP contribution in [-0.2, 0) is 31.2 Å². The normalized spacial score (nSPS) is 15.6. The number of hydrogen-bond acceptors (Lipinski definition) is 6. The maximum Gasteiger partial charge on any atom is 0.379 e. The topological polar surface area (TPSA) is 83.5 Å². The highest BCUT2D eigenvalue weighted by atomic mass is 79.9. The average Bonchev–Trinajstić information content (AvgIpc) is 2.79. The molecule has 0 aromatic carbocycles. The van der Waals surface area contributed by atoms with E-state index in [4.69, 9.17) is 9.47 Å². The van der Waals surface area contributed by atoms with E-state index in [0.29, 0.717) is 23.3 Å². The van der Waals surface area contributed by atoms with E-state index in [2.05, 4.69) is 25.6 Å². The first-order valence-corrected chi connectivity index (χ1v) is 16.3. The van der Waals surface area contributed by atoms with E-state index >= 15 is 13.2 Å². The first kappa shape index (κ1) is 32.4. The highest BCUT2D eigenvalue weighted by molar-refractivity contribution is 9.10. The van der Waals surface area contributed by atoms with Gasteiger partial charge in [-0.25, -0.2) is 14.2 Å². The molecule has 0 radical (unpaired) electrons. The predicted octanol–water partition coefficient (Wildman–Crippen LogP) is 5.18. The fraction of sp³-hybridized carbons (Fsp3) is 0.739. The van der Waals surface area contributed by atoms with Crippen LogP contribution in [0.1, 0.15) is 60.6 Å². The van der Waals surface area contributed by atoms with Crippen LogP contribution >= 0.6 is 15.9 Å². The first-order valence-electron chi connectivity index (χ1n) is 11.7. The Morgan fingerprint density at radius 3 is 2.17 bits per heavy atom. The third kappa shape index (κ3) is 6.62. The number of nitrogens with one attached hydrogen (secondary N) is 1. The van der Waals surface area contributed by atoms with Gasteiger partial charge in [0.2, 0.25) is 0 Å². The van der Waals surface area contributed by atoms with Gasteiger partial charge >= 0.3 is 11.9 Å². The largest absolute Gasteiger partial charge is 0.598 e. The third-order valence-corrected chi connectivity index (χ3v) is 14.1. The smallest absolute Gasteiger partial charge is 0.379 e. The standard InChI is InChI=1S/C23H38BrF3N2O4SSi/c1-9-33-20(30)23(26,27)22(13-14-32-8,29-34(31)21(5,6)7)19-18(25)16(15-17(24)28-19)35(10-2,11-3)12-4/h15,29H,9-14H2,1-8H3. The van der Waals surface area contributed by atoms with Crippen LogP contribution in [0.5, 0.6) is 0 Å². The summed E-state index contributed by atoms with van der Waals surface area (Å²) in [6.45, 7) is 11.4. The maximum absolute atomic E-state index is 16.4. The maximum atomic E-state index is 16.4. The molecule has 35 heavy (non-hydrogen) atoms. The fourth-order valence-electron chi connectivity index (χ4n) is 4.04. The Labute approximate surface area is 219 Å². The summed E-state index contributed by atoms with van der Waals surface area (Å²) < 4.78 is 73.3. The van der Waals surface area contributed by atoms with Gasteiger partial charge in [0.25, 0.3) is 0 Å². The van der Waals surface area contributed by atoms with Crippen LogP contribution in [0.15, 0.2) is 10.7 Å². The molecule has 2 unspecified atom stereocenters. The number of carbonyl (C=O) groups excluding carboxylic acids is 1. The summed E-state index contributed by atoms with van der Waals surface area (Å²) in [4.78, 5) is 16.8. The molecule has 0 fully saturated rings. The molecule has 0 saturated heterocycles. The molecule has 0 bridgehead atoms. The molecule has 0 amide bonds. The number of hydrogen-bond donors (Lipinski definition) is 1. The van der Waals surface area contributed by atoms with Crippen molar-refractivity contribution < 1.29 is 32.0 Å². The summed E-state index contributed by atoms with van der Waals surface area (Å²) in [5, 5.41) is 0.340. The van der Waals surface area contributed by atoms with Crippen molar-refractivity contribution in [3.8, 4) is 0 Å². The zero-order chi connectivity index (χ0) is 27.2. The molecule has 2 atom stereocenters. The molecule has 12 heteroatoms.